The Balaban J connectivity index is 2.12. The van der Waals surface area contributed by atoms with Crippen LogP contribution < -0.4 is 15.4 Å². The van der Waals surface area contributed by atoms with E-state index in [1.807, 2.05) is 29.2 Å². The van der Waals surface area contributed by atoms with Crippen LogP contribution in [0.4, 0.5) is 10.5 Å². The van der Waals surface area contributed by atoms with Gasteiger partial charge in [0.2, 0.25) is 0 Å². The largest absolute Gasteiger partial charge is 0.495 e. The summed E-state index contributed by atoms with van der Waals surface area (Å²) >= 11 is 0. The van der Waals surface area contributed by atoms with Gasteiger partial charge < -0.3 is 20.3 Å². The normalized spacial score (nSPS) is 17.9. The molecule has 0 atom stereocenters. The van der Waals surface area contributed by atoms with E-state index in [2.05, 4.69) is 24.5 Å². The fourth-order valence-electron chi connectivity index (χ4n) is 2.29. The smallest absolute Gasteiger partial charge is 0.322 e. The minimum absolute atomic E-state index is 0.0870. The topological polar surface area (TPSA) is 53.6 Å². The lowest BCUT2D eigenvalue weighted by molar-refractivity contribution is 0.123. The van der Waals surface area contributed by atoms with Gasteiger partial charge in [0.25, 0.3) is 0 Å². The quantitative estimate of drug-likeness (QED) is 0.857. The fraction of sp³-hybridized carbons (Fsp3) is 0.500. The molecule has 1 fully saturated rings. The summed E-state index contributed by atoms with van der Waals surface area (Å²) < 4.78 is 5.24. The lowest BCUT2D eigenvalue weighted by Crippen LogP contribution is -2.60. The standard InChI is InChI=1S/C14H21N3O2/c1-14(2)10-15-8-9-17(14)13(18)16-11-6-4-5-7-12(11)19-3/h4-7,15H,8-10H2,1-3H3,(H,16,18). The third kappa shape index (κ3) is 2.98. The maximum Gasteiger partial charge on any atom is 0.322 e. The predicted octanol–water partition coefficient (Wildman–Crippen LogP) is 1.91. The predicted molar refractivity (Wildman–Crippen MR) is 75.7 cm³/mol. The number of carbonyl (C=O) groups excluding carboxylic acids is 1. The van der Waals surface area contributed by atoms with E-state index < -0.39 is 0 Å². The summed E-state index contributed by atoms with van der Waals surface area (Å²) in [4.78, 5) is 14.2. The molecule has 0 bridgehead atoms. The van der Waals surface area contributed by atoms with E-state index in [9.17, 15) is 4.79 Å². The molecule has 0 radical (unpaired) electrons. The van der Waals surface area contributed by atoms with Gasteiger partial charge in [-0.3, -0.25) is 0 Å². The van der Waals surface area contributed by atoms with Gasteiger partial charge in [-0.1, -0.05) is 12.1 Å². The molecule has 0 aromatic heterocycles. The first-order valence-electron chi connectivity index (χ1n) is 6.47. The maximum absolute atomic E-state index is 12.4. The van der Waals surface area contributed by atoms with Crippen molar-refractivity contribution < 1.29 is 9.53 Å². The van der Waals surface area contributed by atoms with E-state index in [-0.39, 0.29) is 11.6 Å². The number of methoxy groups -OCH3 is 1. The molecular weight excluding hydrogens is 242 g/mol. The molecular formula is C14H21N3O2. The highest BCUT2D eigenvalue weighted by atomic mass is 16.5. The summed E-state index contributed by atoms with van der Waals surface area (Å²) in [6.45, 7) is 6.44. The number of carbonyl (C=O) groups is 1. The van der Waals surface area contributed by atoms with Crippen molar-refractivity contribution in [3.8, 4) is 5.75 Å². The van der Waals surface area contributed by atoms with Crippen molar-refractivity contribution >= 4 is 11.7 Å². The lowest BCUT2D eigenvalue weighted by atomic mass is 10.0. The number of hydrogen-bond donors (Lipinski definition) is 2. The van der Waals surface area contributed by atoms with Crippen LogP contribution in [-0.2, 0) is 0 Å². The van der Waals surface area contributed by atoms with E-state index in [1.165, 1.54) is 0 Å². The van der Waals surface area contributed by atoms with Crippen LogP contribution in [0.5, 0.6) is 5.75 Å². The Morgan fingerprint density at radius 2 is 2.16 bits per heavy atom. The van der Waals surface area contributed by atoms with Gasteiger partial charge in [-0.2, -0.15) is 0 Å². The van der Waals surface area contributed by atoms with Crippen LogP contribution in [-0.4, -0.2) is 43.2 Å². The van der Waals surface area contributed by atoms with E-state index >= 15 is 0 Å². The molecule has 19 heavy (non-hydrogen) atoms. The first-order valence-corrected chi connectivity index (χ1v) is 6.47. The van der Waals surface area contributed by atoms with Gasteiger partial charge in [-0.25, -0.2) is 4.79 Å². The van der Waals surface area contributed by atoms with Gasteiger partial charge in [-0.15, -0.1) is 0 Å². The minimum atomic E-state index is -0.190. The molecule has 0 aliphatic carbocycles. The Morgan fingerprint density at radius 3 is 2.84 bits per heavy atom. The second kappa shape index (κ2) is 5.48. The van der Waals surface area contributed by atoms with E-state index in [4.69, 9.17) is 4.74 Å². The van der Waals surface area contributed by atoms with Gasteiger partial charge in [0, 0.05) is 19.6 Å². The van der Waals surface area contributed by atoms with Crippen molar-refractivity contribution in [3.63, 3.8) is 0 Å². The number of amides is 2. The molecule has 1 aliphatic heterocycles. The molecule has 5 nitrogen and oxygen atoms in total. The number of ether oxygens (including phenoxy) is 1. The van der Waals surface area contributed by atoms with Crippen molar-refractivity contribution in [1.29, 1.82) is 0 Å². The van der Waals surface area contributed by atoms with Crippen LogP contribution in [0, 0.1) is 0 Å². The number of piperazine rings is 1. The zero-order valence-electron chi connectivity index (χ0n) is 11.7. The SMILES string of the molecule is COc1ccccc1NC(=O)N1CCNCC1(C)C. The molecule has 2 N–H and O–H groups in total. The molecule has 2 amide bonds. The molecule has 0 unspecified atom stereocenters. The monoisotopic (exact) mass is 263 g/mol. The molecule has 5 heteroatoms. The third-order valence-corrected chi connectivity index (χ3v) is 3.39. The second-order valence-electron chi connectivity index (χ2n) is 5.27. The number of anilines is 1. The minimum Gasteiger partial charge on any atom is -0.495 e. The number of rotatable bonds is 2. The average molecular weight is 263 g/mol. The van der Waals surface area contributed by atoms with E-state index in [0.29, 0.717) is 18.0 Å². The number of nitrogens with zero attached hydrogens (tertiary/aromatic N) is 1. The van der Waals surface area contributed by atoms with Crippen LogP contribution in [0.3, 0.4) is 0 Å². The molecule has 1 aromatic rings. The molecule has 0 saturated carbocycles. The van der Waals surface area contributed by atoms with Gasteiger partial charge in [0.1, 0.15) is 5.75 Å². The zero-order chi connectivity index (χ0) is 13.9. The highest BCUT2D eigenvalue weighted by Gasteiger charge is 2.33. The zero-order valence-corrected chi connectivity index (χ0v) is 11.7. The first kappa shape index (κ1) is 13.7. The summed E-state index contributed by atoms with van der Waals surface area (Å²) in [6, 6.07) is 7.34. The Hall–Kier alpha value is -1.75. The van der Waals surface area contributed by atoms with Crippen LogP contribution in [0.1, 0.15) is 13.8 Å². The Bertz CT molecular complexity index is 460. The number of nitrogens with one attached hydrogen (secondary N) is 2. The highest BCUT2D eigenvalue weighted by molar-refractivity contribution is 5.91. The molecule has 1 aromatic carbocycles. The molecule has 2 rings (SSSR count). The number of urea groups is 1. The lowest BCUT2D eigenvalue weighted by Gasteiger charge is -2.42. The van der Waals surface area contributed by atoms with Crippen molar-refractivity contribution in [3.05, 3.63) is 24.3 Å². The van der Waals surface area contributed by atoms with Gasteiger partial charge in [0.15, 0.2) is 0 Å². The third-order valence-electron chi connectivity index (χ3n) is 3.39. The van der Waals surface area contributed by atoms with Crippen molar-refractivity contribution in [2.75, 3.05) is 32.1 Å². The van der Waals surface area contributed by atoms with Crippen molar-refractivity contribution in [1.82, 2.24) is 10.2 Å². The number of para-hydroxylation sites is 2. The summed E-state index contributed by atoms with van der Waals surface area (Å²) in [5, 5.41) is 6.22. The summed E-state index contributed by atoms with van der Waals surface area (Å²) in [5.41, 5.74) is 0.508. The number of hydrogen-bond acceptors (Lipinski definition) is 3. The van der Waals surface area contributed by atoms with Gasteiger partial charge in [-0.05, 0) is 26.0 Å². The second-order valence-corrected chi connectivity index (χ2v) is 5.27. The van der Waals surface area contributed by atoms with Crippen LogP contribution >= 0.6 is 0 Å². The average Bonchev–Trinajstić information content (AvgIpc) is 2.38. The van der Waals surface area contributed by atoms with Gasteiger partial charge in [0.05, 0.1) is 18.3 Å². The molecule has 104 valence electrons. The molecule has 0 spiro atoms. The van der Waals surface area contributed by atoms with Crippen LogP contribution in [0.2, 0.25) is 0 Å². The van der Waals surface area contributed by atoms with Gasteiger partial charge >= 0.3 is 6.03 Å². The van der Waals surface area contributed by atoms with Crippen molar-refractivity contribution in [2.24, 2.45) is 0 Å². The Labute approximate surface area is 113 Å². The summed E-state index contributed by atoms with van der Waals surface area (Å²) in [5.74, 6) is 0.670. The van der Waals surface area contributed by atoms with E-state index in [0.717, 1.165) is 13.1 Å². The summed E-state index contributed by atoms with van der Waals surface area (Å²) in [6.07, 6.45) is 0. The van der Waals surface area contributed by atoms with Crippen molar-refractivity contribution in [2.45, 2.75) is 19.4 Å². The molecule has 1 saturated heterocycles. The fourth-order valence-corrected chi connectivity index (χ4v) is 2.29. The molecule has 1 heterocycles. The Kier molecular flexibility index (Phi) is 3.95. The van der Waals surface area contributed by atoms with Crippen LogP contribution in [0.15, 0.2) is 24.3 Å². The molecule has 1 aliphatic rings. The van der Waals surface area contributed by atoms with Crippen LogP contribution in [0.25, 0.3) is 0 Å². The summed E-state index contributed by atoms with van der Waals surface area (Å²) in [7, 11) is 1.60. The first-order chi connectivity index (χ1) is 9.04. The Morgan fingerprint density at radius 1 is 1.42 bits per heavy atom. The van der Waals surface area contributed by atoms with E-state index in [1.54, 1.807) is 7.11 Å². The number of benzene rings is 1. The maximum atomic E-state index is 12.4. The highest BCUT2D eigenvalue weighted by Crippen LogP contribution is 2.25.